The van der Waals surface area contributed by atoms with Crippen LogP contribution in [0.3, 0.4) is 0 Å². The van der Waals surface area contributed by atoms with Crippen LogP contribution in [0.1, 0.15) is 28.3 Å². The highest BCUT2D eigenvalue weighted by Crippen LogP contribution is 2.39. The van der Waals surface area contributed by atoms with Gasteiger partial charge in [0.2, 0.25) is 12.8 Å². The number of carbonyl (C=O) groups excluding carboxylic acids is 2. The van der Waals surface area contributed by atoms with Crippen molar-refractivity contribution in [3.63, 3.8) is 0 Å². The van der Waals surface area contributed by atoms with E-state index in [1.165, 1.54) is 19.1 Å². The molecule has 0 aliphatic carbocycles. The summed E-state index contributed by atoms with van der Waals surface area (Å²) in [5.41, 5.74) is 6.57. The Morgan fingerprint density at radius 2 is 1.48 bits per heavy atom. The molecule has 0 radical (unpaired) electrons. The number of carbonyl (C=O) groups is 2. The highest BCUT2D eigenvalue weighted by molar-refractivity contribution is 5.85. The fourth-order valence-corrected chi connectivity index (χ4v) is 4.28. The summed E-state index contributed by atoms with van der Waals surface area (Å²) in [6.07, 6.45) is -7.92. The minimum Gasteiger partial charge on any atom is -0.485 e. The zero-order valence-electron chi connectivity index (χ0n) is 25.8. The Kier molecular flexibility index (Phi) is 15.0. The number of alkyl halides is 7. The van der Waals surface area contributed by atoms with Crippen LogP contribution >= 0.6 is 0 Å². The monoisotopic (exact) mass is 688 g/mol. The number of hydrogen-bond acceptors (Lipinski definition) is 6. The van der Waals surface area contributed by atoms with Crippen molar-refractivity contribution in [3.05, 3.63) is 82.9 Å². The van der Waals surface area contributed by atoms with E-state index in [9.17, 15) is 39.9 Å². The van der Waals surface area contributed by atoms with Crippen LogP contribution in [-0.4, -0.2) is 61.6 Å². The van der Waals surface area contributed by atoms with Crippen LogP contribution < -0.4 is 20.5 Å². The van der Waals surface area contributed by atoms with Crippen molar-refractivity contribution in [2.45, 2.75) is 45.7 Å². The molecule has 0 saturated carbocycles. The second kappa shape index (κ2) is 18.4. The lowest BCUT2D eigenvalue weighted by Crippen LogP contribution is -2.32. The number of amides is 2. The molecule has 8 nitrogen and oxygen atoms in total. The lowest BCUT2D eigenvalue weighted by molar-refractivity contribution is -0.150. The molecule has 0 bridgehead atoms. The first-order valence-corrected chi connectivity index (χ1v) is 14.0. The van der Waals surface area contributed by atoms with Gasteiger partial charge in [0.25, 0.3) is 12.9 Å². The summed E-state index contributed by atoms with van der Waals surface area (Å²) in [6, 6.07) is 11.3. The molecule has 2 aromatic heterocycles. The average Bonchev–Trinajstić information content (AvgIpc) is 2.99. The summed E-state index contributed by atoms with van der Waals surface area (Å²) < 4.78 is 113. The van der Waals surface area contributed by atoms with Crippen LogP contribution in [0.25, 0.3) is 22.2 Å². The lowest BCUT2D eigenvalue weighted by Gasteiger charge is -2.22. The number of fused-ring (bicyclic) bond motifs is 1. The molecule has 3 N–H and O–H groups in total. The van der Waals surface area contributed by atoms with Crippen molar-refractivity contribution >= 4 is 23.7 Å². The normalized spacial score (nSPS) is 11.6. The first kappa shape index (κ1) is 39.2. The number of rotatable bonds is 11. The highest BCUT2D eigenvalue weighted by Gasteiger charge is 2.42. The fraction of sp³-hybridized carbons (Fsp3) is 0.312. The van der Waals surface area contributed by atoms with Gasteiger partial charge in [0, 0.05) is 23.7 Å². The maximum absolute atomic E-state index is 13.4. The third-order valence-corrected chi connectivity index (χ3v) is 6.20. The number of hydrogen-bond donors (Lipinski definition) is 2. The molecule has 2 heterocycles. The molecule has 4 rings (SSSR count). The van der Waals surface area contributed by atoms with Crippen LogP contribution in [0.2, 0.25) is 0 Å². The predicted octanol–water partition coefficient (Wildman–Crippen LogP) is 6.83. The van der Waals surface area contributed by atoms with Crippen LogP contribution in [0, 0.1) is 26.6 Å². The Balaban J connectivity index is 0.000000339. The molecule has 260 valence electrons. The van der Waals surface area contributed by atoms with Crippen LogP contribution in [0.5, 0.6) is 11.5 Å². The number of benzene rings is 2. The van der Waals surface area contributed by atoms with Crippen molar-refractivity contribution in [2.75, 3.05) is 19.8 Å². The van der Waals surface area contributed by atoms with Gasteiger partial charge in [-0.3, -0.25) is 14.6 Å². The third kappa shape index (κ3) is 12.0. The van der Waals surface area contributed by atoms with E-state index in [4.69, 9.17) is 14.3 Å². The second-order valence-electron chi connectivity index (χ2n) is 10.1. The van der Waals surface area contributed by atoms with E-state index in [2.05, 4.69) is 15.7 Å². The highest BCUT2D eigenvalue weighted by atomic mass is 19.4. The maximum Gasteiger partial charge on any atom is 0.398 e. The molecular formula is C32H32F8N4O4. The van der Waals surface area contributed by atoms with E-state index in [-0.39, 0.29) is 35.4 Å². The molecule has 0 saturated heterocycles. The van der Waals surface area contributed by atoms with Gasteiger partial charge in [-0.1, -0.05) is 0 Å². The topological polar surface area (TPSA) is 116 Å². The quantitative estimate of drug-likeness (QED) is 0.132. The van der Waals surface area contributed by atoms with Crippen molar-refractivity contribution in [3.8, 4) is 22.8 Å². The number of primary amides is 1. The van der Waals surface area contributed by atoms with Gasteiger partial charge >= 0.3 is 6.18 Å². The molecule has 4 aromatic rings. The summed E-state index contributed by atoms with van der Waals surface area (Å²) >= 11 is 0. The molecule has 0 fully saturated rings. The molecular weight excluding hydrogens is 656 g/mol. The van der Waals surface area contributed by atoms with Crippen LogP contribution in [0.15, 0.2) is 54.7 Å². The predicted molar refractivity (Wildman–Crippen MR) is 162 cm³/mol. The molecule has 16 heteroatoms. The van der Waals surface area contributed by atoms with E-state index < -0.39 is 56.2 Å². The molecule has 48 heavy (non-hydrogen) atoms. The Labute approximate surface area is 270 Å². The van der Waals surface area contributed by atoms with Crippen LogP contribution in [0.4, 0.5) is 35.1 Å². The Bertz CT molecular complexity index is 1630. The molecule has 0 spiro atoms. The first-order chi connectivity index (χ1) is 22.6. The third-order valence-electron chi connectivity index (χ3n) is 6.20. The molecule has 1 unspecified atom stereocenters. The summed E-state index contributed by atoms with van der Waals surface area (Å²) in [5.74, 6) is -2.42. The van der Waals surface area contributed by atoms with Gasteiger partial charge in [-0.15, -0.1) is 0 Å². The van der Waals surface area contributed by atoms with Crippen molar-refractivity contribution in [1.29, 1.82) is 0 Å². The number of aromatic nitrogens is 2. The molecule has 0 aliphatic heterocycles. The Morgan fingerprint density at radius 3 is 2.04 bits per heavy atom. The molecule has 0 aliphatic rings. The number of nitrogens with zero attached hydrogens (tertiary/aromatic N) is 2. The molecule has 2 aromatic carbocycles. The van der Waals surface area contributed by atoms with E-state index >= 15 is 0 Å². The Morgan fingerprint density at radius 1 is 0.896 bits per heavy atom. The average molecular weight is 689 g/mol. The van der Waals surface area contributed by atoms with Gasteiger partial charge in [-0.25, -0.2) is 26.9 Å². The van der Waals surface area contributed by atoms with E-state index in [0.29, 0.717) is 11.3 Å². The number of ether oxygens (including phenoxy) is 2. The smallest absolute Gasteiger partial charge is 0.398 e. The minimum atomic E-state index is -4.72. The van der Waals surface area contributed by atoms with Gasteiger partial charge in [0.15, 0.2) is 0 Å². The second-order valence-corrected chi connectivity index (χ2v) is 10.1. The van der Waals surface area contributed by atoms with Crippen LogP contribution in [-0.2, 0) is 9.59 Å². The first-order valence-electron chi connectivity index (χ1n) is 14.0. The van der Waals surface area contributed by atoms with Crippen molar-refractivity contribution < 1.29 is 54.2 Å². The van der Waals surface area contributed by atoms with Crippen molar-refractivity contribution in [1.82, 2.24) is 15.3 Å². The number of pyridine rings is 2. The number of nitrogens with one attached hydrogen (secondary N) is 1. The summed E-state index contributed by atoms with van der Waals surface area (Å²) in [7, 11) is 0. The Hall–Kier alpha value is -5.02. The number of nitrogens with two attached hydrogens (primary N) is 1. The van der Waals surface area contributed by atoms with Gasteiger partial charge in [0.1, 0.15) is 47.7 Å². The summed E-state index contributed by atoms with van der Waals surface area (Å²) in [4.78, 5) is 27.2. The maximum atomic E-state index is 13.4. The number of halogens is 8. The standard InChI is InChI=1S/C18H16F6N2O2.C13H13F2NO.CH3NO/c1-10-6-14(13(7-25-9-27)18(22,23)24)26-16(17(10)28-8-15(20)21)11-2-4-12(19)5-3-11;1-8-3-10-4-9(2)6-16-13(10)11(5-8)17-7-12(14)15;2-1-3/h2-6,9,13,15H,7-8H2,1H3,(H,25,27);3-6,12H,7H2,1-2H3;1H,(H2,2,3). The van der Waals surface area contributed by atoms with Gasteiger partial charge in [0.05, 0.1) is 5.69 Å². The largest absolute Gasteiger partial charge is 0.485 e. The fourth-order valence-electron chi connectivity index (χ4n) is 4.28. The minimum absolute atomic E-state index is 0.125. The van der Waals surface area contributed by atoms with E-state index in [1.807, 2.05) is 31.3 Å². The van der Waals surface area contributed by atoms with E-state index in [1.54, 1.807) is 12.3 Å². The molecule has 2 amide bonds. The summed E-state index contributed by atoms with van der Waals surface area (Å²) in [5, 5.41) is 2.89. The number of aryl methyl sites for hydroxylation is 3. The van der Waals surface area contributed by atoms with Gasteiger partial charge < -0.3 is 20.5 Å². The lowest BCUT2D eigenvalue weighted by atomic mass is 9.99. The van der Waals surface area contributed by atoms with Gasteiger partial charge in [-0.05, 0) is 86.0 Å². The zero-order valence-corrected chi connectivity index (χ0v) is 25.8. The summed E-state index contributed by atoms with van der Waals surface area (Å²) in [6.45, 7) is 2.89. The zero-order chi connectivity index (χ0) is 36.0. The SMILES string of the molecule is Cc1cc(C(CNC=O)C(F)(F)F)nc(-c2ccc(F)cc2)c1OCC(F)F.Cc1cnc2c(OCC(F)F)cc(C)cc2c1.NC=O. The van der Waals surface area contributed by atoms with E-state index in [0.717, 1.165) is 34.7 Å². The molecule has 1 atom stereocenters. The van der Waals surface area contributed by atoms with Gasteiger partial charge in [-0.2, -0.15) is 13.2 Å². The van der Waals surface area contributed by atoms with Crippen molar-refractivity contribution in [2.24, 2.45) is 5.73 Å².